The highest BCUT2D eigenvalue weighted by molar-refractivity contribution is 7.87. The first kappa shape index (κ1) is 19.4. The van der Waals surface area contributed by atoms with Gasteiger partial charge in [0, 0.05) is 0 Å². The Balaban J connectivity index is 2.59. The van der Waals surface area contributed by atoms with Gasteiger partial charge in [0.1, 0.15) is 0 Å². The van der Waals surface area contributed by atoms with E-state index in [0.717, 1.165) is 0 Å². The summed E-state index contributed by atoms with van der Waals surface area (Å²) in [5.41, 5.74) is -11.2. The first-order valence-corrected chi connectivity index (χ1v) is 8.46. The predicted molar refractivity (Wildman–Crippen MR) is 58.2 cm³/mol. The van der Waals surface area contributed by atoms with Gasteiger partial charge in [0.05, 0.1) is 12.2 Å². The normalized spacial score (nSPS) is 25.2. The van der Waals surface area contributed by atoms with Crippen molar-refractivity contribution in [1.82, 2.24) is 0 Å². The molecule has 0 unspecified atom stereocenters. The highest BCUT2D eigenvalue weighted by atomic mass is 32.2. The molecule has 0 spiro atoms. The highest BCUT2D eigenvalue weighted by Crippen LogP contribution is 2.33. The maximum atomic E-state index is 12.1. The number of alkyl halides is 6. The minimum atomic E-state index is -5.81. The lowest BCUT2D eigenvalue weighted by Gasteiger charge is -2.27. The van der Waals surface area contributed by atoms with E-state index in [1.165, 1.54) is 0 Å². The molecule has 6 nitrogen and oxygen atoms in total. The second kappa shape index (κ2) is 6.13. The summed E-state index contributed by atoms with van der Waals surface area (Å²) in [6.07, 6.45) is -4.39. The van der Waals surface area contributed by atoms with Crippen LogP contribution in [0, 0.1) is 0 Å². The Morgan fingerprint density at radius 3 is 1.05 bits per heavy atom. The van der Waals surface area contributed by atoms with Crippen LogP contribution in [0.1, 0.15) is 25.7 Å². The molecule has 0 bridgehead atoms. The van der Waals surface area contributed by atoms with E-state index in [4.69, 9.17) is 0 Å². The number of hydrogen-bond acceptors (Lipinski definition) is 6. The fourth-order valence-corrected chi connectivity index (χ4v) is 3.01. The van der Waals surface area contributed by atoms with Crippen molar-refractivity contribution >= 4 is 20.2 Å². The summed E-state index contributed by atoms with van der Waals surface area (Å²) in [5, 5.41) is 0. The molecule has 0 saturated heterocycles. The van der Waals surface area contributed by atoms with Crippen LogP contribution >= 0.6 is 0 Å². The van der Waals surface area contributed by atoms with E-state index in [2.05, 4.69) is 8.37 Å². The lowest BCUT2D eigenvalue weighted by molar-refractivity contribution is -0.0639. The number of hydrogen-bond donors (Lipinski definition) is 0. The van der Waals surface area contributed by atoms with Crippen LogP contribution < -0.4 is 0 Å². The van der Waals surface area contributed by atoms with Crippen LogP contribution in [0.2, 0.25) is 0 Å². The molecule has 0 aromatic rings. The van der Waals surface area contributed by atoms with Crippen molar-refractivity contribution in [3.63, 3.8) is 0 Å². The van der Waals surface area contributed by atoms with Gasteiger partial charge >= 0.3 is 31.3 Å². The molecule has 0 atom stereocenters. The Kier molecular flexibility index (Phi) is 5.42. The molecule has 14 heteroatoms. The number of rotatable bonds is 4. The van der Waals surface area contributed by atoms with Crippen molar-refractivity contribution in [1.29, 1.82) is 0 Å². The first-order chi connectivity index (χ1) is 9.66. The van der Waals surface area contributed by atoms with Crippen molar-refractivity contribution in [2.45, 2.75) is 48.9 Å². The zero-order valence-electron chi connectivity index (χ0n) is 10.5. The Bertz CT molecular complexity index is 530. The highest BCUT2D eigenvalue weighted by Gasteiger charge is 2.50. The average Bonchev–Trinajstić information content (AvgIpc) is 2.28. The third kappa shape index (κ3) is 4.70. The van der Waals surface area contributed by atoms with E-state index in [-0.39, 0.29) is 0 Å². The monoisotopic (exact) mass is 380 g/mol. The molecule has 0 aliphatic heterocycles. The molecule has 0 aromatic heterocycles. The van der Waals surface area contributed by atoms with Crippen LogP contribution in [0.25, 0.3) is 0 Å². The summed E-state index contributed by atoms with van der Waals surface area (Å²) in [6, 6.07) is 0. The summed E-state index contributed by atoms with van der Waals surface area (Å²) in [6.45, 7) is 0. The maximum absolute atomic E-state index is 12.1. The van der Waals surface area contributed by atoms with Gasteiger partial charge < -0.3 is 0 Å². The summed E-state index contributed by atoms with van der Waals surface area (Å²) in [7, 11) is -11.6. The fourth-order valence-electron chi connectivity index (χ4n) is 1.69. The molecule has 0 amide bonds. The van der Waals surface area contributed by atoms with Crippen molar-refractivity contribution in [3.8, 4) is 0 Å². The van der Waals surface area contributed by atoms with Gasteiger partial charge in [-0.25, -0.2) is 0 Å². The van der Waals surface area contributed by atoms with E-state index < -0.39 is 69.1 Å². The Labute approximate surface area is 121 Å². The van der Waals surface area contributed by atoms with Crippen molar-refractivity contribution in [2.75, 3.05) is 0 Å². The molecule has 0 N–H and O–H groups in total. The van der Waals surface area contributed by atoms with Gasteiger partial charge in [-0.15, -0.1) is 0 Å². The molecule has 22 heavy (non-hydrogen) atoms. The fraction of sp³-hybridized carbons (Fsp3) is 1.00. The molecule has 1 aliphatic carbocycles. The summed E-state index contributed by atoms with van der Waals surface area (Å²) >= 11 is 0. The van der Waals surface area contributed by atoms with Gasteiger partial charge in [0.25, 0.3) is 0 Å². The summed E-state index contributed by atoms with van der Waals surface area (Å²) in [5.74, 6) is 0. The average molecular weight is 380 g/mol. The van der Waals surface area contributed by atoms with E-state index >= 15 is 0 Å². The molecule has 1 fully saturated rings. The van der Waals surface area contributed by atoms with Gasteiger partial charge in [0.2, 0.25) is 0 Å². The largest absolute Gasteiger partial charge is 0.523 e. The predicted octanol–water partition coefficient (Wildman–Crippen LogP) is 2.03. The van der Waals surface area contributed by atoms with Gasteiger partial charge in [-0.1, -0.05) is 0 Å². The molecule has 0 aromatic carbocycles. The van der Waals surface area contributed by atoms with Crippen LogP contribution in [-0.4, -0.2) is 40.1 Å². The van der Waals surface area contributed by atoms with Crippen LogP contribution in [-0.2, 0) is 28.6 Å². The van der Waals surface area contributed by atoms with E-state index in [0.29, 0.717) is 0 Å². The summed E-state index contributed by atoms with van der Waals surface area (Å²) < 4.78 is 123. The van der Waals surface area contributed by atoms with Gasteiger partial charge in [0.15, 0.2) is 0 Å². The first-order valence-electron chi connectivity index (χ1n) is 5.65. The van der Waals surface area contributed by atoms with Gasteiger partial charge in [-0.2, -0.15) is 43.2 Å². The molecule has 132 valence electrons. The van der Waals surface area contributed by atoms with Gasteiger partial charge in [-0.3, -0.25) is 8.37 Å². The Hall–Kier alpha value is -0.600. The van der Waals surface area contributed by atoms with Crippen molar-refractivity contribution in [2.24, 2.45) is 0 Å². The SMILES string of the molecule is O=S(=O)(OC1CCC(OS(=O)(=O)C(F)(F)F)CC1)C(F)(F)F. The Morgan fingerprint density at radius 1 is 0.636 bits per heavy atom. The molecule has 0 heterocycles. The van der Waals surface area contributed by atoms with Crippen molar-refractivity contribution < 1.29 is 51.5 Å². The van der Waals surface area contributed by atoms with Crippen LogP contribution in [0.4, 0.5) is 26.3 Å². The third-order valence-corrected chi connectivity index (χ3v) is 4.90. The minimum Gasteiger partial charge on any atom is -0.260 e. The second-order valence-corrected chi connectivity index (χ2v) is 7.52. The third-order valence-electron chi connectivity index (χ3n) is 2.71. The molecule has 1 saturated carbocycles. The molecule has 0 radical (unpaired) electrons. The quantitative estimate of drug-likeness (QED) is 0.421. The zero-order chi connectivity index (χ0) is 17.4. The summed E-state index contributed by atoms with van der Waals surface area (Å²) in [4.78, 5) is 0. The topological polar surface area (TPSA) is 86.7 Å². The van der Waals surface area contributed by atoms with E-state index in [1.807, 2.05) is 0 Å². The molecular weight excluding hydrogens is 370 g/mol. The van der Waals surface area contributed by atoms with Crippen LogP contribution in [0.3, 0.4) is 0 Å². The standard InChI is InChI=1S/C8H10F6O6S2/c9-7(10,11)21(15,16)19-5-1-2-6(4-3-5)20-22(17,18)8(12,13)14/h5-6H,1-4H2. The second-order valence-electron chi connectivity index (χ2n) is 4.39. The minimum absolute atomic E-state index is 0.395. The molecular formula is C8H10F6O6S2. The lowest BCUT2D eigenvalue weighted by atomic mass is 9.95. The van der Waals surface area contributed by atoms with E-state index in [9.17, 15) is 43.2 Å². The Morgan fingerprint density at radius 2 is 0.864 bits per heavy atom. The van der Waals surface area contributed by atoms with Crippen LogP contribution in [0.15, 0.2) is 0 Å². The molecule has 1 rings (SSSR count). The maximum Gasteiger partial charge on any atom is 0.523 e. The smallest absolute Gasteiger partial charge is 0.260 e. The lowest BCUT2D eigenvalue weighted by Crippen LogP contribution is -2.36. The molecule has 1 aliphatic rings. The van der Waals surface area contributed by atoms with E-state index in [1.54, 1.807) is 0 Å². The van der Waals surface area contributed by atoms with Crippen molar-refractivity contribution in [3.05, 3.63) is 0 Å². The number of halogens is 6. The van der Waals surface area contributed by atoms with Gasteiger partial charge in [-0.05, 0) is 25.7 Å². The zero-order valence-corrected chi connectivity index (χ0v) is 12.1. The van der Waals surface area contributed by atoms with Crippen LogP contribution in [0.5, 0.6) is 0 Å².